The zero-order valence-electron chi connectivity index (χ0n) is 10.7. The van der Waals surface area contributed by atoms with E-state index in [0.29, 0.717) is 13.2 Å². The number of hydrogen-bond acceptors (Lipinski definition) is 4. The van der Waals surface area contributed by atoms with Gasteiger partial charge in [0.05, 0.1) is 19.3 Å². The molecule has 1 N–H and O–H groups in total. The molecule has 0 aromatic heterocycles. The van der Waals surface area contributed by atoms with E-state index in [1.54, 1.807) is 0 Å². The maximum absolute atomic E-state index is 10.1. The molecule has 0 bridgehead atoms. The standard InChI is InChI=1S/C14H20O3S/c1-2-18-9-6-12(15)11-4-5-13-14(10-11)17-8-3-7-16-13/h4-5,10,12,15H,2-3,6-9H2,1H3. The van der Waals surface area contributed by atoms with Gasteiger partial charge in [0.1, 0.15) is 0 Å². The molecule has 1 aliphatic heterocycles. The quantitative estimate of drug-likeness (QED) is 0.833. The molecule has 1 aliphatic rings. The SMILES string of the molecule is CCSCCC(O)c1ccc2c(c1)OCCCO2. The summed E-state index contributed by atoms with van der Waals surface area (Å²) in [6.45, 7) is 3.50. The fourth-order valence-electron chi connectivity index (χ4n) is 1.89. The van der Waals surface area contributed by atoms with Crippen LogP contribution in [0.5, 0.6) is 11.5 Å². The van der Waals surface area contributed by atoms with Crippen LogP contribution in [0, 0.1) is 0 Å². The monoisotopic (exact) mass is 268 g/mol. The minimum absolute atomic E-state index is 0.416. The van der Waals surface area contributed by atoms with Gasteiger partial charge in [-0.25, -0.2) is 0 Å². The Kier molecular flexibility index (Phi) is 5.20. The second-order valence-electron chi connectivity index (χ2n) is 4.26. The summed E-state index contributed by atoms with van der Waals surface area (Å²) in [6.07, 6.45) is 1.26. The van der Waals surface area contributed by atoms with Crippen LogP contribution in [0.25, 0.3) is 0 Å². The Morgan fingerprint density at radius 2 is 2.06 bits per heavy atom. The van der Waals surface area contributed by atoms with Crippen molar-refractivity contribution >= 4 is 11.8 Å². The van der Waals surface area contributed by atoms with Crippen LogP contribution in [0.2, 0.25) is 0 Å². The van der Waals surface area contributed by atoms with Gasteiger partial charge in [0.2, 0.25) is 0 Å². The molecule has 0 spiro atoms. The lowest BCUT2D eigenvalue weighted by molar-refractivity contribution is 0.174. The molecule has 3 nitrogen and oxygen atoms in total. The first-order chi connectivity index (χ1) is 8.81. The molecule has 2 rings (SSSR count). The molecule has 1 heterocycles. The van der Waals surface area contributed by atoms with Gasteiger partial charge in [0.25, 0.3) is 0 Å². The Labute approximate surface area is 112 Å². The highest BCUT2D eigenvalue weighted by Crippen LogP contribution is 2.33. The van der Waals surface area contributed by atoms with Gasteiger partial charge in [-0.05, 0) is 35.6 Å². The highest BCUT2D eigenvalue weighted by molar-refractivity contribution is 7.99. The predicted octanol–water partition coefficient (Wildman–Crippen LogP) is 3.02. The topological polar surface area (TPSA) is 38.7 Å². The Morgan fingerprint density at radius 3 is 2.83 bits per heavy atom. The van der Waals surface area contributed by atoms with Crippen molar-refractivity contribution in [1.29, 1.82) is 0 Å². The predicted molar refractivity (Wildman–Crippen MR) is 74.6 cm³/mol. The molecule has 1 aromatic carbocycles. The zero-order chi connectivity index (χ0) is 12.8. The lowest BCUT2D eigenvalue weighted by Crippen LogP contribution is -2.00. The summed E-state index contributed by atoms with van der Waals surface area (Å²) in [5.74, 6) is 3.61. The first kappa shape index (κ1) is 13.6. The van der Waals surface area contributed by atoms with E-state index in [0.717, 1.165) is 41.4 Å². The second kappa shape index (κ2) is 6.90. The van der Waals surface area contributed by atoms with Crippen molar-refractivity contribution in [2.45, 2.75) is 25.9 Å². The van der Waals surface area contributed by atoms with Crippen LogP contribution in [-0.2, 0) is 0 Å². The van der Waals surface area contributed by atoms with Gasteiger partial charge in [0.15, 0.2) is 11.5 Å². The summed E-state index contributed by atoms with van der Waals surface area (Å²) in [6, 6.07) is 5.73. The molecular weight excluding hydrogens is 248 g/mol. The number of rotatable bonds is 5. The van der Waals surface area contributed by atoms with Crippen molar-refractivity contribution < 1.29 is 14.6 Å². The van der Waals surface area contributed by atoms with E-state index in [1.807, 2.05) is 30.0 Å². The van der Waals surface area contributed by atoms with Gasteiger partial charge in [-0.2, -0.15) is 11.8 Å². The molecule has 100 valence electrons. The van der Waals surface area contributed by atoms with Crippen LogP contribution in [-0.4, -0.2) is 29.8 Å². The molecule has 0 amide bonds. The van der Waals surface area contributed by atoms with Crippen LogP contribution in [0.1, 0.15) is 31.4 Å². The van der Waals surface area contributed by atoms with Crippen LogP contribution >= 0.6 is 11.8 Å². The molecule has 0 saturated carbocycles. The van der Waals surface area contributed by atoms with Crippen molar-refractivity contribution in [2.24, 2.45) is 0 Å². The van der Waals surface area contributed by atoms with E-state index in [2.05, 4.69) is 6.92 Å². The number of fused-ring (bicyclic) bond motifs is 1. The molecule has 0 aliphatic carbocycles. The van der Waals surface area contributed by atoms with Gasteiger partial charge in [0, 0.05) is 6.42 Å². The van der Waals surface area contributed by atoms with Crippen molar-refractivity contribution in [3.63, 3.8) is 0 Å². The van der Waals surface area contributed by atoms with E-state index in [-0.39, 0.29) is 0 Å². The van der Waals surface area contributed by atoms with Crippen LogP contribution < -0.4 is 9.47 Å². The molecule has 0 saturated heterocycles. The lowest BCUT2D eigenvalue weighted by atomic mass is 10.1. The highest BCUT2D eigenvalue weighted by atomic mass is 32.2. The van der Waals surface area contributed by atoms with E-state index in [4.69, 9.17) is 9.47 Å². The molecule has 18 heavy (non-hydrogen) atoms. The molecule has 4 heteroatoms. The third-order valence-corrected chi connectivity index (χ3v) is 3.83. The van der Waals surface area contributed by atoms with Gasteiger partial charge in [-0.3, -0.25) is 0 Å². The lowest BCUT2D eigenvalue weighted by Gasteiger charge is -2.13. The normalized spacial score (nSPS) is 16.1. The Morgan fingerprint density at radius 1 is 1.28 bits per heavy atom. The van der Waals surface area contributed by atoms with Crippen molar-refractivity contribution in [1.82, 2.24) is 0 Å². The highest BCUT2D eigenvalue weighted by Gasteiger charge is 2.14. The van der Waals surface area contributed by atoms with E-state index in [1.165, 1.54) is 0 Å². The summed E-state index contributed by atoms with van der Waals surface area (Å²) < 4.78 is 11.2. The molecule has 1 unspecified atom stereocenters. The largest absolute Gasteiger partial charge is 0.490 e. The van der Waals surface area contributed by atoms with Gasteiger partial charge in [-0.15, -0.1) is 0 Å². The van der Waals surface area contributed by atoms with E-state index in [9.17, 15) is 5.11 Å². The van der Waals surface area contributed by atoms with E-state index < -0.39 is 6.10 Å². The summed E-state index contributed by atoms with van der Waals surface area (Å²) in [7, 11) is 0. The summed E-state index contributed by atoms with van der Waals surface area (Å²) in [4.78, 5) is 0. The molecule has 0 radical (unpaired) electrons. The number of ether oxygens (including phenoxy) is 2. The molecule has 1 aromatic rings. The Hall–Kier alpha value is -0.870. The number of aliphatic hydroxyl groups excluding tert-OH is 1. The van der Waals surface area contributed by atoms with Crippen molar-refractivity contribution in [3.05, 3.63) is 23.8 Å². The zero-order valence-corrected chi connectivity index (χ0v) is 11.5. The summed E-state index contributed by atoms with van der Waals surface area (Å²) in [5.41, 5.74) is 0.913. The summed E-state index contributed by atoms with van der Waals surface area (Å²) >= 11 is 1.85. The summed E-state index contributed by atoms with van der Waals surface area (Å²) in [5, 5.41) is 10.1. The van der Waals surface area contributed by atoms with Crippen LogP contribution in [0.3, 0.4) is 0 Å². The van der Waals surface area contributed by atoms with Crippen molar-refractivity contribution in [3.8, 4) is 11.5 Å². The van der Waals surface area contributed by atoms with E-state index >= 15 is 0 Å². The third-order valence-electron chi connectivity index (χ3n) is 2.90. The van der Waals surface area contributed by atoms with Crippen LogP contribution in [0.4, 0.5) is 0 Å². The maximum Gasteiger partial charge on any atom is 0.161 e. The molecule has 0 fully saturated rings. The Balaban J connectivity index is 2.02. The third kappa shape index (κ3) is 3.56. The minimum Gasteiger partial charge on any atom is -0.490 e. The number of benzene rings is 1. The van der Waals surface area contributed by atoms with Gasteiger partial charge >= 0.3 is 0 Å². The fourth-order valence-corrected chi connectivity index (χ4v) is 2.57. The molecule has 1 atom stereocenters. The average molecular weight is 268 g/mol. The smallest absolute Gasteiger partial charge is 0.161 e. The van der Waals surface area contributed by atoms with Crippen LogP contribution in [0.15, 0.2) is 18.2 Å². The number of hydrogen-bond donors (Lipinski definition) is 1. The maximum atomic E-state index is 10.1. The minimum atomic E-state index is -0.416. The van der Waals surface area contributed by atoms with Gasteiger partial charge in [-0.1, -0.05) is 13.0 Å². The van der Waals surface area contributed by atoms with Crippen molar-refractivity contribution in [2.75, 3.05) is 24.7 Å². The van der Waals surface area contributed by atoms with Gasteiger partial charge < -0.3 is 14.6 Å². The fraction of sp³-hybridized carbons (Fsp3) is 0.571. The second-order valence-corrected chi connectivity index (χ2v) is 5.65. The Bertz CT molecular complexity index is 381. The first-order valence-electron chi connectivity index (χ1n) is 6.46. The number of aliphatic hydroxyl groups is 1. The average Bonchev–Trinajstić information content (AvgIpc) is 2.63. The number of thioether (sulfide) groups is 1. The molecular formula is C14H20O3S. The first-order valence-corrected chi connectivity index (χ1v) is 7.62.